The Labute approximate surface area is 93.4 Å². The quantitative estimate of drug-likeness (QED) is 0.588. The molecular formula is C10H16N2O4. The molecule has 0 atom stereocenters. The van der Waals surface area contributed by atoms with Crippen LogP contribution in [-0.2, 0) is 9.59 Å². The molecule has 1 heterocycles. The molecule has 0 aromatic rings. The van der Waals surface area contributed by atoms with E-state index in [0.29, 0.717) is 0 Å². The molecule has 1 aliphatic rings. The van der Waals surface area contributed by atoms with Gasteiger partial charge in [0.1, 0.15) is 5.41 Å². The van der Waals surface area contributed by atoms with E-state index < -0.39 is 28.9 Å². The summed E-state index contributed by atoms with van der Waals surface area (Å²) in [7, 11) is 0. The number of hydrogen-bond donors (Lipinski definition) is 3. The maximum absolute atomic E-state index is 11.7. The third-order valence-corrected chi connectivity index (χ3v) is 2.66. The van der Waals surface area contributed by atoms with Crippen LogP contribution in [-0.4, -0.2) is 28.6 Å². The number of barbiturate groups is 1. The number of carbonyl (C=O) groups excluding carboxylic acids is 3. The summed E-state index contributed by atoms with van der Waals surface area (Å²) in [6.07, 6.45) is 0.198. The van der Waals surface area contributed by atoms with E-state index in [9.17, 15) is 19.5 Å². The van der Waals surface area contributed by atoms with E-state index in [1.54, 1.807) is 6.92 Å². The summed E-state index contributed by atoms with van der Waals surface area (Å²) < 4.78 is 0. The second kappa shape index (κ2) is 3.86. The Balaban J connectivity index is 3.06. The molecule has 3 N–H and O–H groups in total. The topological polar surface area (TPSA) is 95.5 Å². The lowest BCUT2D eigenvalue weighted by Crippen LogP contribution is -2.63. The number of imide groups is 2. The SMILES string of the molecule is CCC1(CC(C)(C)O)C(=O)NC(=O)NC1=O. The van der Waals surface area contributed by atoms with Crippen molar-refractivity contribution in [2.75, 3.05) is 0 Å². The summed E-state index contributed by atoms with van der Waals surface area (Å²) in [6.45, 7) is 4.70. The van der Waals surface area contributed by atoms with Crippen LogP contribution in [0.3, 0.4) is 0 Å². The number of carbonyl (C=O) groups is 3. The van der Waals surface area contributed by atoms with Gasteiger partial charge >= 0.3 is 6.03 Å². The first-order chi connectivity index (χ1) is 7.21. The maximum atomic E-state index is 11.7. The van der Waals surface area contributed by atoms with Crippen LogP contribution in [0.15, 0.2) is 0 Å². The average molecular weight is 228 g/mol. The number of hydrogen-bond acceptors (Lipinski definition) is 4. The maximum Gasteiger partial charge on any atom is 0.328 e. The minimum atomic E-state index is -1.37. The van der Waals surface area contributed by atoms with E-state index in [2.05, 4.69) is 10.6 Å². The van der Waals surface area contributed by atoms with Gasteiger partial charge in [0, 0.05) is 0 Å². The van der Waals surface area contributed by atoms with Crippen molar-refractivity contribution < 1.29 is 19.5 Å². The van der Waals surface area contributed by atoms with Gasteiger partial charge in [-0.3, -0.25) is 20.2 Å². The third-order valence-electron chi connectivity index (χ3n) is 2.66. The molecule has 1 aliphatic heterocycles. The molecule has 16 heavy (non-hydrogen) atoms. The zero-order valence-corrected chi connectivity index (χ0v) is 9.59. The second-order valence-electron chi connectivity index (χ2n) is 4.66. The van der Waals surface area contributed by atoms with Crippen LogP contribution in [0.25, 0.3) is 0 Å². The fourth-order valence-electron chi connectivity index (χ4n) is 1.93. The molecule has 0 spiro atoms. The molecule has 1 fully saturated rings. The molecule has 0 unspecified atom stereocenters. The molecular weight excluding hydrogens is 212 g/mol. The van der Waals surface area contributed by atoms with Crippen LogP contribution in [0.1, 0.15) is 33.6 Å². The van der Waals surface area contributed by atoms with Crippen molar-refractivity contribution in [3.8, 4) is 0 Å². The van der Waals surface area contributed by atoms with Crippen molar-refractivity contribution in [1.29, 1.82) is 0 Å². The highest BCUT2D eigenvalue weighted by Crippen LogP contribution is 2.34. The van der Waals surface area contributed by atoms with E-state index in [0.717, 1.165) is 0 Å². The van der Waals surface area contributed by atoms with Crippen molar-refractivity contribution >= 4 is 17.8 Å². The fourth-order valence-corrected chi connectivity index (χ4v) is 1.93. The zero-order valence-electron chi connectivity index (χ0n) is 9.59. The summed E-state index contributed by atoms with van der Waals surface area (Å²) in [6, 6.07) is -0.810. The molecule has 1 saturated heterocycles. The lowest BCUT2D eigenvalue weighted by atomic mass is 9.74. The minimum Gasteiger partial charge on any atom is -0.390 e. The van der Waals surface area contributed by atoms with Gasteiger partial charge in [0.15, 0.2) is 0 Å². The van der Waals surface area contributed by atoms with Crippen LogP contribution in [0.2, 0.25) is 0 Å². The van der Waals surface area contributed by atoms with Crippen molar-refractivity contribution in [3.05, 3.63) is 0 Å². The highest BCUT2D eigenvalue weighted by atomic mass is 16.3. The Hall–Kier alpha value is -1.43. The molecule has 0 aromatic carbocycles. The molecule has 1 rings (SSSR count). The molecule has 6 heteroatoms. The number of amides is 4. The van der Waals surface area contributed by atoms with E-state index >= 15 is 0 Å². The number of rotatable bonds is 3. The molecule has 0 aromatic heterocycles. The normalized spacial score (nSPS) is 20.4. The van der Waals surface area contributed by atoms with Gasteiger partial charge in [-0.1, -0.05) is 6.92 Å². The van der Waals surface area contributed by atoms with Crippen molar-refractivity contribution in [2.45, 2.75) is 39.2 Å². The van der Waals surface area contributed by atoms with E-state index in [1.807, 2.05) is 0 Å². The summed E-state index contributed by atoms with van der Waals surface area (Å²) in [5.41, 5.74) is -2.53. The Morgan fingerprint density at radius 3 is 1.94 bits per heavy atom. The zero-order chi connectivity index (χ0) is 12.6. The minimum absolute atomic E-state index is 0.0263. The first kappa shape index (κ1) is 12.6. The van der Waals surface area contributed by atoms with Gasteiger partial charge in [0.05, 0.1) is 5.60 Å². The predicted molar refractivity (Wildman–Crippen MR) is 55.3 cm³/mol. The van der Waals surface area contributed by atoms with Crippen molar-refractivity contribution in [1.82, 2.24) is 10.6 Å². The van der Waals surface area contributed by atoms with Gasteiger partial charge in [0.25, 0.3) is 0 Å². The summed E-state index contributed by atoms with van der Waals surface area (Å²) in [5, 5.41) is 13.8. The lowest BCUT2D eigenvalue weighted by Gasteiger charge is -2.36. The first-order valence-electron chi connectivity index (χ1n) is 5.10. The Morgan fingerprint density at radius 1 is 1.19 bits per heavy atom. The number of urea groups is 1. The van der Waals surface area contributed by atoms with Crippen LogP contribution in [0.4, 0.5) is 4.79 Å². The lowest BCUT2D eigenvalue weighted by molar-refractivity contribution is -0.149. The van der Waals surface area contributed by atoms with Gasteiger partial charge < -0.3 is 5.11 Å². The highest BCUT2D eigenvalue weighted by Gasteiger charge is 2.51. The number of nitrogens with one attached hydrogen (secondary N) is 2. The standard InChI is InChI=1S/C10H16N2O4/c1-4-10(5-9(2,3)16)6(13)11-8(15)12-7(10)14/h16H,4-5H2,1-3H3,(H2,11,12,13,14,15). The fraction of sp³-hybridized carbons (Fsp3) is 0.700. The largest absolute Gasteiger partial charge is 0.390 e. The molecule has 90 valence electrons. The molecule has 4 amide bonds. The van der Waals surface area contributed by atoms with Crippen molar-refractivity contribution in [3.63, 3.8) is 0 Å². The summed E-state index contributed by atoms with van der Waals surface area (Å²) in [5.74, 6) is -1.29. The molecule has 0 radical (unpaired) electrons. The van der Waals surface area contributed by atoms with Gasteiger partial charge in [-0.25, -0.2) is 4.79 Å². The molecule has 0 bridgehead atoms. The van der Waals surface area contributed by atoms with E-state index in [4.69, 9.17) is 0 Å². The molecule has 0 saturated carbocycles. The van der Waals surface area contributed by atoms with Gasteiger partial charge in [-0.15, -0.1) is 0 Å². The third kappa shape index (κ3) is 2.21. The monoisotopic (exact) mass is 228 g/mol. The Morgan fingerprint density at radius 2 is 1.62 bits per heavy atom. The van der Waals surface area contributed by atoms with Crippen LogP contribution >= 0.6 is 0 Å². The molecule has 0 aliphatic carbocycles. The van der Waals surface area contributed by atoms with Crippen LogP contribution in [0, 0.1) is 5.41 Å². The smallest absolute Gasteiger partial charge is 0.328 e. The van der Waals surface area contributed by atoms with E-state index in [-0.39, 0.29) is 12.8 Å². The first-order valence-corrected chi connectivity index (χ1v) is 5.10. The summed E-state index contributed by atoms with van der Waals surface area (Å²) >= 11 is 0. The Kier molecular flexibility index (Phi) is 3.05. The van der Waals surface area contributed by atoms with Gasteiger partial charge in [-0.2, -0.15) is 0 Å². The van der Waals surface area contributed by atoms with Crippen molar-refractivity contribution in [2.24, 2.45) is 5.41 Å². The van der Waals surface area contributed by atoms with Gasteiger partial charge in [0.2, 0.25) is 11.8 Å². The van der Waals surface area contributed by atoms with Gasteiger partial charge in [-0.05, 0) is 26.7 Å². The van der Waals surface area contributed by atoms with Crippen LogP contribution in [0.5, 0.6) is 0 Å². The van der Waals surface area contributed by atoms with E-state index in [1.165, 1.54) is 13.8 Å². The average Bonchev–Trinajstić information content (AvgIpc) is 2.09. The molecule has 6 nitrogen and oxygen atoms in total. The predicted octanol–water partition coefficient (Wildman–Crippen LogP) is -0.0902. The Bertz CT molecular complexity index is 323. The van der Waals surface area contributed by atoms with Crippen LogP contribution < -0.4 is 10.6 Å². The highest BCUT2D eigenvalue weighted by molar-refractivity contribution is 6.19. The second-order valence-corrected chi connectivity index (χ2v) is 4.66. The summed E-state index contributed by atoms with van der Waals surface area (Å²) in [4.78, 5) is 34.4. The number of aliphatic hydroxyl groups is 1.